The maximum atomic E-state index is 12.1. The molecule has 0 amide bonds. The molecule has 6 nitrogen and oxygen atoms in total. The zero-order valence-corrected chi connectivity index (χ0v) is 20.4. The standard InChI is InChI=1S/C31H28N2O4/c1-37-28-15-23(22(14-27(28)34)20-8-4-5-9-21(20)31(35)36)30-25-13-18-6-2-3-7-19(18)29(25)24-12-17(16-32)10-11-26(24)33-30/h2-12,14-15,25,29-30,33-34H,13,16,32H2,1H3,(H,35,36). The number of nitrogens with one attached hydrogen (secondary N) is 1. The van der Waals surface area contributed by atoms with Gasteiger partial charge in [0.15, 0.2) is 11.5 Å². The Bertz CT molecular complexity index is 1530. The summed E-state index contributed by atoms with van der Waals surface area (Å²) in [6, 6.07) is 25.1. The van der Waals surface area contributed by atoms with Crippen molar-refractivity contribution in [2.75, 3.05) is 12.4 Å². The average molecular weight is 493 g/mol. The van der Waals surface area contributed by atoms with Crippen LogP contribution in [-0.4, -0.2) is 23.3 Å². The molecule has 0 radical (unpaired) electrons. The van der Waals surface area contributed by atoms with Crippen LogP contribution >= 0.6 is 0 Å². The van der Waals surface area contributed by atoms with E-state index in [1.54, 1.807) is 24.3 Å². The van der Waals surface area contributed by atoms with E-state index in [2.05, 4.69) is 41.7 Å². The molecule has 5 N–H and O–H groups in total. The summed E-state index contributed by atoms with van der Waals surface area (Å²) in [6.45, 7) is 0.473. The van der Waals surface area contributed by atoms with Gasteiger partial charge in [-0.15, -0.1) is 0 Å². The number of rotatable bonds is 5. The number of hydrogen-bond acceptors (Lipinski definition) is 5. The van der Waals surface area contributed by atoms with Crippen molar-refractivity contribution in [3.63, 3.8) is 0 Å². The highest BCUT2D eigenvalue weighted by atomic mass is 16.5. The molecular formula is C31H28N2O4. The van der Waals surface area contributed by atoms with Crippen LogP contribution in [-0.2, 0) is 13.0 Å². The van der Waals surface area contributed by atoms with Crippen LogP contribution in [0.15, 0.2) is 78.9 Å². The highest BCUT2D eigenvalue weighted by Crippen LogP contribution is 2.55. The molecule has 4 aromatic rings. The Kier molecular flexibility index (Phi) is 5.61. The van der Waals surface area contributed by atoms with Gasteiger partial charge in [-0.05, 0) is 75.5 Å². The molecule has 3 unspecified atom stereocenters. The molecule has 37 heavy (non-hydrogen) atoms. The molecule has 1 heterocycles. The molecule has 1 aliphatic carbocycles. The van der Waals surface area contributed by atoms with Crippen molar-refractivity contribution >= 4 is 11.7 Å². The van der Waals surface area contributed by atoms with Crippen molar-refractivity contribution in [1.82, 2.24) is 0 Å². The van der Waals surface area contributed by atoms with Gasteiger partial charge in [-0.25, -0.2) is 4.79 Å². The van der Waals surface area contributed by atoms with Crippen LogP contribution in [0.25, 0.3) is 11.1 Å². The maximum absolute atomic E-state index is 12.1. The Hall–Kier alpha value is -4.29. The van der Waals surface area contributed by atoms with E-state index in [4.69, 9.17) is 10.5 Å². The average Bonchev–Trinajstić information content (AvgIpc) is 3.32. The number of nitrogens with two attached hydrogens (primary N) is 1. The smallest absolute Gasteiger partial charge is 0.336 e. The number of carboxylic acids is 1. The van der Waals surface area contributed by atoms with E-state index < -0.39 is 5.97 Å². The summed E-state index contributed by atoms with van der Waals surface area (Å²) in [5.74, 6) is -0.366. The van der Waals surface area contributed by atoms with Crippen LogP contribution in [0.2, 0.25) is 0 Å². The van der Waals surface area contributed by atoms with Crippen LogP contribution in [0, 0.1) is 5.92 Å². The number of phenols is 1. The lowest BCUT2D eigenvalue weighted by Crippen LogP contribution is -2.31. The third kappa shape index (κ3) is 3.72. The van der Waals surface area contributed by atoms with E-state index in [1.165, 1.54) is 23.8 Å². The lowest BCUT2D eigenvalue weighted by atomic mass is 9.74. The zero-order valence-electron chi connectivity index (χ0n) is 20.4. The number of carbonyl (C=O) groups is 1. The molecule has 0 aromatic heterocycles. The van der Waals surface area contributed by atoms with Crippen molar-refractivity contribution in [2.45, 2.75) is 24.9 Å². The first kappa shape index (κ1) is 23.1. The molecule has 6 heteroatoms. The van der Waals surface area contributed by atoms with Gasteiger partial charge in [-0.2, -0.15) is 0 Å². The molecule has 0 spiro atoms. The molecule has 0 saturated carbocycles. The second-order valence-corrected chi connectivity index (χ2v) is 9.75. The second kappa shape index (κ2) is 8.98. The van der Waals surface area contributed by atoms with Gasteiger partial charge in [-0.3, -0.25) is 0 Å². The number of aromatic hydroxyl groups is 1. The third-order valence-corrected chi connectivity index (χ3v) is 7.83. The number of anilines is 1. The van der Waals surface area contributed by atoms with E-state index >= 15 is 0 Å². The van der Waals surface area contributed by atoms with E-state index in [0.29, 0.717) is 23.4 Å². The maximum Gasteiger partial charge on any atom is 0.336 e. The fraction of sp³-hybridized carbons (Fsp3) is 0.194. The Morgan fingerprint density at radius 2 is 1.76 bits per heavy atom. The summed E-state index contributed by atoms with van der Waals surface area (Å²) in [5, 5.41) is 24.5. The Morgan fingerprint density at radius 1 is 0.973 bits per heavy atom. The molecule has 186 valence electrons. The lowest BCUT2D eigenvalue weighted by molar-refractivity contribution is 0.0697. The lowest BCUT2D eigenvalue weighted by Gasteiger charge is -2.39. The van der Waals surface area contributed by atoms with Crippen molar-refractivity contribution in [3.8, 4) is 22.6 Å². The highest BCUT2D eigenvalue weighted by Gasteiger charge is 2.44. The van der Waals surface area contributed by atoms with Gasteiger partial charge in [0.1, 0.15) is 0 Å². The molecule has 6 rings (SSSR count). The number of hydrogen-bond donors (Lipinski definition) is 4. The molecule has 0 saturated heterocycles. The number of fused-ring (bicyclic) bond motifs is 5. The van der Waals surface area contributed by atoms with Gasteiger partial charge in [0.05, 0.1) is 18.7 Å². The normalized spacial score (nSPS) is 19.4. The van der Waals surface area contributed by atoms with Crippen LogP contribution in [0.1, 0.15) is 50.1 Å². The van der Waals surface area contributed by atoms with Gasteiger partial charge >= 0.3 is 5.97 Å². The van der Waals surface area contributed by atoms with Gasteiger partial charge in [-0.1, -0.05) is 54.6 Å². The van der Waals surface area contributed by atoms with E-state index in [1.807, 2.05) is 18.2 Å². The first-order chi connectivity index (χ1) is 18.0. The fourth-order valence-electron chi connectivity index (χ4n) is 6.19. The number of phenolic OH excluding ortho intramolecular Hbond substituents is 1. The van der Waals surface area contributed by atoms with Gasteiger partial charge in [0.25, 0.3) is 0 Å². The molecule has 2 aliphatic rings. The van der Waals surface area contributed by atoms with Gasteiger partial charge in [0, 0.05) is 18.2 Å². The summed E-state index contributed by atoms with van der Waals surface area (Å²) < 4.78 is 5.51. The molecule has 0 bridgehead atoms. The van der Waals surface area contributed by atoms with Gasteiger partial charge < -0.3 is 26.0 Å². The number of aromatic carboxylic acids is 1. The van der Waals surface area contributed by atoms with Crippen molar-refractivity contribution < 1.29 is 19.7 Å². The third-order valence-electron chi connectivity index (χ3n) is 7.83. The summed E-state index contributed by atoms with van der Waals surface area (Å²) in [6.07, 6.45) is 0.869. The monoisotopic (exact) mass is 492 g/mol. The molecule has 1 aliphatic heterocycles. The predicted octanol–water partition coefficient (Wildman–Crippen LogP) is 5.70. The summed E-state index contributed by atoms with van der Waals surface area (Å²) >= 11 is 0. The topological polar surface area (TPSA) is 105 Å². The summed E-state index contributed by atoms with van der Waals surface area (Å²) in [5.41, 5.74) is 14.3. The zero-order chi connectivity index (χ0) is 25.7. The van der Waals surface area contributed by atoms with Crippen molar-refractivity contribution in [3.05, 3.63) is 112 Å². The Morgan fingerprint density at radius 3 is 2.54 bits per heavy atom. The first-order valence-corrected chi connectivity index (χ1v) is 12.4. The fourth-order valence-corrected chi connectivity index (χ4v) is 6.19. The van der Waals surface area contributed by atoms with Crippen LogP contribution in [0.4, 0.5) is 5.69 Å². The quantitative estimate of drug-likeness (QED) is 0.285. The van der Waals surface area contributed by atoms with E-state index in [-0.39, 0.29) is 29.2 Å². The minimum absolute atomic E-state index is 0.0310. The number of ether oxygens (including phenoxy) is 1. The predicted molar refractivity (Wildman–Crippen MR) is 143 cm³/mol. The van der Waals surface area contributed by atoms with Crippen LogP contribution in [0.5, 0.6) is 11.5 Å². The van der Waals surface area contributed by atoms with E-state index in [9.17, 15) is 15.0 Å². The number of benzene rings is 4. The summed E-state index contributed by atoms with van der Waals surface area (Å²) in [4.78, 5) is 12.1. The first-order valence-electron chi connectivity index (χ1n) is 12.4. The Labute approximate surface area is 215 Å². The van der Waals surface area contributed by atoms with Crippen molar-refractivity contribution in [2.24, 2.45) is 11.7 Å². The Balaban J connectivity index is 1.59. The minimum atomic E-state index is -1.01. The molecule has 0 fully saturated rings. The van der Waals surface area contributed by atoms with Crippen LogP contribution in [0.3, 0.4) is 0 Å². The van der Waals surface area contributed by atoms with E-state index in [0.717, 1.165) is 23.2 Å². The molecular weight excluding hydrogens is 464 g/mol. The molecule has 4 aromatic carbocycles. The highest BCUT2D eigenvalue weighted by molar-refractivity contribution is 5.97. The number of carboxylic acid groups (broad SMARTS) is 1. The summed E-state index contributed by atoms with van der Waals surface area (Å²) in [7, 11) is 1.52. The largest absolute Gasteiger partial charge is 0.504 e. The number of methoxy groups -OCH3 is 1. The SMILES string of the molecule is COc1cc(C2Nc3ccc(CN)cc3C3c4ccccc4CC23)c(-c2ccccc2C(=O)O)cc1O. The van der Waals surface area contributed by atoms with Gasteiger partial charge in [0.2, 0.25) is 0 Å². The second-order valence-electron chi connectivity index (χ2n) is 9.75. The minimum Gasteiger partial charge on any atom is -0.504 e. The molecule has 3 atom stereocenters. The van der Waals surface area contributed by atoms with Crippen molar-refractivity contribution in [1.29, 1.82) is 0 Å². The van der Waals surface area contributed by atoms with Crippen LogP contribution < -0.4 is 15.8 Å².